The largest absolute Gasteiger partial charge is 0.497 e. The fraction of sp³-hybridized carbons (Fsp3) is 0.312. The van der Waals surface area contributed by atoms with Gasteiger partial charge in [0.25, 0.3) is 0 Å². The maximum absolute atomic E-state index is 5.84. The van der Waals surface area contributed by atoms with Crippen molar-refractivity contribution >= 4 is 11.0 Å². The number of aromatic nitrogens is 2. The summed E-state index contributed by atoms with van der Waals surface area (Å²) in [6.45, 7) is 1.79. The molecule has 0 saturated carbocycles. The van der Waals surface area contributed by atoms with E-state index in [1.807, 2.05) is 43.2 Å². The lowest BCUT2D eigenvalue weighted by Crippen LogP contribution is -2.18. The second kappa shape index (κ2) is 5.61. The number of methoxy groups -OCH3 is 1. The summed E-state index contributed by atoms with van der Waals surface area (Å²) in [5.41, 5.74) is 1.70. The zero-order chi connectivity index (χ0) is 14.8. The summed E-state index contributed by atoms with van der Waals surface area (Å²) in [6.07, 6.45) is 3.79. The predicted octanol–water partition coefficient (Wildman–Crippen LogP) is 2.67. The topological polar surface area (TPSA) is 43.4 Å². The van der Waals surface area contributed by atoms with Crippen LogP contribution < -0.4 is 4.74 Å². The number of fused-ring (bicyclic) bond motifs is 1. The van der Waals surface area contributed by atoms with Crippen LogP contribution in [0.15, 0.2) is 35.0 Å². The molecule has 3 rings (SSSR count). The maximum atomic E-state index is 5.84. The Morgan fingerprint density at radius 3 is 3.00 bits per heavy atom. The third kappa shape index (κ3) is 2.92. The highest BCUT2D eigenvalue weighted by atomic mass is 16.5. The summed E-state index contributed by atoms with van der Waals surface area (Å²) < 4.78 is 13.0. The Hall–Kier alpha value is -2.27. The summed E-state index contributed by atoms with van der Waals surface area (Å²) in [5, 5.41) is 5.29. The van der Waals surface area contributed by atoms with E-state index in [1.165, 1.54) is 0 Å². The number of ether oxygens (including phenoxy) is 1. The normalized spacial score (nSPS) is 11.4. The van der Waals surface area contributed by atoms with Gasteiger partial charge in [0.05, 0.1) is 25.4 Å². The zero-order valence-corrected chi connectivity index (χ0v) is 12.5. The van der Waals surface area contributed by atoms with Gasteiger partial charge in [-0.15, -0.1) is 0 Å². The fourth-order valence-electron chi connectivity index (χ4n) is 2.11. The molecule has 0 fully saturated rings. The fourth-order valence-corrected chi connectivity index (χ4v) is 2.11. The van der Waals surface area contributed by atoms with Gasteiger partial charge in [0, 0.05) is 30.3 Å². The molecule has 0 spiro atoms. The van der Waals surface area contributed by atoms with Crippen molar-refractivity contribution in [3.8, 4) is 17.1 Å². The van der Waals surface area contributed by atoms with Crippen LogP contribution >= 0.6 is 0 Å². The Bertz CT molecular complexity index is 743. The van der Waals surface area contributed by atoms with Crippen LogP contribution in [0.4, 0.5) is 0 Å². The highest BCUT2D eigenvalue weighted by Crippen LogP contribution is 2.29. The molecule has 0 aliphatic carbocycles. The van der Waals surface area contributed by atoms with Crippen LogP contribution in [0, 0.1) is 6.07 Å². The molecule has 1 radical (unpaired) electrons. The highest BCUT2D eigenvalue weighted by molar-refractivity contribution is 5.82. The number of hydrogen-bond donors (Lipinski definition) is 0. The van der Waals surface area contributed by atoms with Crippen LogP contribution in [0.2, 0.25) is 0 Å². The van der Waals surface area contributed by atoms with Gasteiger partial charge in [0.2, 0.25) is 0 Å². The number of nitrogens with zero attached hydrogens (tertiary/aromatic N) is 3. The molecule has 109 valence electrons. The third-order valence-corrected chi connectivity index (χ3v) is 3.32. The van der Waals surface area contributed by atoms with Gasteiger partial charge in [-0.25, -0.2) is 0 Å². The number of rotatable bonds is 5. The van der Waals surface area contributed by atoms with Gasteiger partial charge < -0.3 is 14.1 Å². The van der Waals surface area contributed by atoms with Crippen LogP contribution in [0.25, 0.3) is 22.3 Å². The highest BCUT2D eigenvalue weighted by Gasteiger charge is 2.10. The van der Waals surface area contributed by atoms with Gasteiger partial charge in [-0.2, -0.15) is 5.10 Å². The van der Waals surface area contributed by atoms with E-state index in [4.69, 9.17) is 9.15 Å². The van der Waals surface area contributed by atoms with Crippen LogP contribution in [-0.2, 0) is 6.54 Å². The minimum absolute atomic E-state index is 0.703. The third-order valence-electron chi connectivity index (χ3n) is 3.32. The van der Waals surface area contributed by atoms with Crippen molar-refractivity contribution < 1.29 is 9.15 Å². The van der Waals surface area contributed by atoms with Crippen molar-refractivity contribution in [1.82, 2.24) is 14.7 Å². The van der Waals surface area contributed by atoms with Gasteiger partial charge in [-0.05, 0) is 26.2 Å². The van der Waals surface area contributed by atoms with Crippen LogP contribution in [0.5, 0.6) is 5.75 Å². The molecule has 0 N–H and O–H groups in total. The monoisotopic (exact) mass is 284 g/mol. The van der Waals surface area contributed by atoms with E-state index in [0.717, 1.165) is 35.4 Å². The first kappa shape index (κ1) is 13.7. The van der Waals surface area contributed by atoms with Crippen LogP contribution in [0.3, 0.4) is 0 Å². The molecular weight excluding hydrogens is 266 g/mol. The second-order valence-corrected chi connectivity index (χ2v) is 5.21. The molecule has 0 aliphatic rings. The summed E-state index contributed by atoms with van der Waals surface area (Å²) >= 11 is 0. The van der Waals surface area contributed by atoms with Crippen LogP contribution in [0.1, 0.15) is 0 Å². The summed E-state index contributed by atoms with van der Waals surface area (Å²) in [6, 6.07) is 8.97. The number of benzene rings is 1. The minimum atomic E-state index is 0.703. The Balaban J connectivity index is 1.86. The van der Waals surface area contributed by atoms with Crippen molar-refractivity contribution in [2.45, 2.75) is 6.54 Å². The molecule has 21 heavy (non-hydrogen) atoms. The zero-order valence-electron chi connectivity index (χ0n) is 12.5. The molecule has 0 saturated heterocycles. The SMILES string of the molecule is COc1ccc2[c]c(-c3cnn(CCN(C)C)c3)oc2c1. The first-order chi connectivity index (χ1) is 10.2. The summed E-state index contributed by atoms with van der Waals surface area (Å²) in [5.74, 6) is 1.48. The smallest absolute Gasteiger partial charge is 0.146 e. The molecule has 0 atom stereocenters. The number of hydrogen-bond acceptors (Lipinski definition) is 4. The first-order valence-electron chi connectivity index (χ1n) is 6.83. The molecule has 1 aromatic carbocycles. The Morgan fingerprint density at radius 1 is 1.38 bits per heavy atom. The number of furan rings is 1. The molecule has 0 aliphatic heterocycles. The van der Waals surface area contributed by atoms with Gasteiger partial charge in [-0.1, -0.05) is 0 Å². The summed E-state index contributed by atoms with van der Waals surface area (Å²) in [7, 11) is 5.74. The number of likely N-dealkylation sites (N-methyl/N-ethyl adjacent to an activating group) is 1. The van der Waals surface area contributed by atoms with E-state index in [0.29, 0.717) is 5.76 Å². The van der Waals surface area contributed by atoms with E-state index < -0.39 is 0 Å². The molecule has 2 aromatic heterocycles. The molecule has 5 nitrogen and oxygen atoms in total. The van der Waals surface area contributed by atoms with Crippen LogP contribution in [-0.4, -0.2) is 42.4 Å². The van der Waals surface area contributed by atoms with Gasteiger partial charge in [-0.3, -0.25) is 4.68 Å². The second-order valence-electron chi connectivity index (χ2n) is 5.21. The predicted molar refractivity (Wildman–Crippen MR) is 81.4 cm³/mol. The van der Waals surface area contributed by atoms with Gasteiger partial charge >= 0.3 is 0 Å². The average molecular weight is 284 g/mol. The average Bonchev–Trinajstić information content (AvgIpc) is 3.10. The van der Waals surface area contributed by atoms with Gasteiger partial charge in [0.15, 0.2) is 0 Å². The lowest BCUT2D eigenvalue weighted by molar-refractivity contribution is 0.373. The van der Waals surface area contributed by atoms with Crippen molar-refractivity contribution in [2.24, 2.45) is 0 Å². The molecule has 0 bridgehead atoms. The Kier molecular flexibility index (Phi) is 3.66. The van der Waals surface area contributed by atoms with E-state index in [-0.39, 0.29) is 0 Å². The first-order valence-corrected chi connectivity index (χ1v) is 6.83. The molecular formula is C16H18N3O2. The maximum Gasteiger partial charge on any atom is 0.146 e. The molecule has 0 unspecified atom stereocenters. The van der Waals surface area contributed by atoms with Crippen molar-refractivity contribution in [3.63, 3.8) is 0 Å². The van der Waals surface area contributed by atoms with Crippen molar-refractivity contribution in [3.05, 3.63) is 36.7 Å². The van der Waals surface area contributed by atoms with Crippen molar-refractivity contribution in [2.75, 3.05) is 27.7 Å². The molecule has 3 aromatic rings. The van der Waals surface area contributed by atoms with E-state index >= 15 is 0 Å². The van der Waals surface area contributed by atoms with Crippen molar-refractivity contribution in [1.29, 1.82) is 0 Å². The molecule has 5 heteroatoms. The minimum Gasteiger partial charge on any atom is -0.497 e. The quantitative estimate of drug-likeness (QED) is 0.722. The standard InChI is InChI=1S/C16H18N3O2/c1-18(2)6-7-19-11-13(10-17-19)15-8-12-4-5-14(20-3)9-16(12)21-15/h4-5,9-11H,6-7H2,1-3H3. The molecule has 0 amide bonds. The van der Waals surface area contributed by atoms with Gasteiger partial charge in [0.1, 0.15) is 17.1 Å². The Morgan fingerprint density at radius 2 is 2.24 bits per heavy atom. The van der Waals surface area contributed by atoms with E-state index in [2.05, 4.69) is 16.1 Å². The lowest BCUT2D eigenvalue weighted by Gasteiger charge is -2.08. The summed E-state index contributed by atoms with van der Waals surface area (Å²) in [4.78, 5) is 2.13. The lowest BCUT2D eigenvalue weighted by atomic mass is 10.2. The van der Waals surface area contributed by atoms with E-state index in [9.17, 15) is 0 Å². The molecule has 2 heterocycles. The Labute approximate surface area is 123 Å². The van der Waals surface area contributed by atoms with E-state index in [1.54, 1.807) is 13.3 Å².